The molecular formula is C15H12FN3S. The summed E-state index contributed by atoms with van der Waals surface area (Å²) in [6, 6.07) is 10.7. The van der Waals surface area contributed by atoms with Gasteiger partial charge in [0.15, 0.2) is 0 Å². The molecule has 2 heterocycles. The topological polar surface area (TPSA) is 37.8 Å². The highest BCUT2D eigenvalue weighted by Gasteiger charge is 2.07. The van der Waals surface area contributed by atoms with Crippen LogP contribution in [0.2, 0.25) is 0 Å². The van der Waals surface area contributed by atoms with Gasteiger partial charge in [0, 0.05) is 29.7 Å². The van der Waals surface area contributed by atoms with Gasteiger partial charge in [-0.2, -0.15) is 0 Å². The average Bonchev–Trinajstić information content (AvgIpc) is 2.47. The van der Waals surface area contributed by atoms with Crippen LogP contribution in [-0.4, -0.2) is 9.97 Å². The lowest BCUT2D eigenvalue weighted by molar-refractivity contribution is 0.638. The van der Waals surface area contributed by atoms with Crippen LogP contribution in [0.25, 0.3) is 10.9 Å². The first-order chi connectivity index (χ1) is 9.75. The summed E-state index contributed by atoms with van der Waals surface area (Å²) >= 11 is 1.40. The van der Waals surface area contributed by atoms with Crippen LogP contribution in [0.1, 0.15) is 5.56 Å². The Kier molecular flexibility index (Phi) is 3.52. The minimum Gasteiger partial charge on any atom is -0.322 e. The zero-order valence-corrected chi connectivity index (χ0v) is 11.6. The number of aryl methyl sites for hydroxylation is 1. The molecule has 0 aliphatic heterocycles. The minimum atomic E-state index is -0.266. The van der Waals surface area contributed by atoms with Crippen LogP contribution in [0.3, 0.4) is 0 Å². The van der Waals surface area contributed by atoms with E-state index in [-0.39, 0.29) is 5.82 Å². The van der Waals surface area contributed by atoms with E-state index in [1.807, 2.05) is 25.1 Å². The predicted molar refractivity (Wildman–Crippen MR) is 80.2 cm³/mol. The molecule has 1 N–H and O–H groups in total. The maximum atomic E-state index is 13.7. The molecule has 0 spiro atoms. The predicted octanol–water partition coefficient (Wildman–Crippen LogP) is 4.20. The van der Waals surface area contributed by atoms with Gasteiger partial charge in [-0.25, -0.2) is 9.37 Å². The molecule has 5 heteroatoms. The first-order valence-electron chi connectivity index (χ1n) is 6.13. The maximum Gasteiger partial charge on any atom is 0.134 e. The molecule has 2 aromatic heterocycles. The van der Waals surface area contributed by atoms with Crippen molar-refractivity contribution in [3.8, 4) is 0 Å². The van der Waals surface area contributed by atoms with Gasteiger partial charge in [0.1, 0.15) is 10.8 Å². The number of fused-ring (bicyclic) bond motifs is 1. The number of aromatic nitrogens is 2. The third-order valence-corrected chi connectivity index (χ3v) is 3.88. The van der Waals surface area contributed by atoms with E-state index in [0.29, 0.717) is 10.9 Å². The van der Waals surface area contributed by atoms with Crippen LogP contribution in [0, 0.1) is 12.7 Å². The molecule has 0 aliphatic carbocycles. The highest BCUT2D eigenvalue weighted by atomic mass is 32.2. The second-order valence-corrected chi connectivity index (χ2v) is 5.12. The van der Waals surface area contributed by atoms with Crippen molar-refractivity contribution in [3.05, 3.63) is 60.2 Å². The summed E-state index contributed by atoms with van der Waals surface area (Å²) in [6.07, 6.45) is 3.22. The lowest BCUT2D eigenvalue weighted by atomic mass is 10.2. The number of benzene rings is 1. The number of pyridine rings is 2. The Morgan fingerprint density at radius 2 is 1.95 bits per heavy atom. The Balaban J connectivity index is 1.92. The van der Waals surface area contributed by atoms with Gasteiger partial charge >= 0.3 is 0 Å². The van der Waals surface area contributed by atoms with E-state index in [9.17, 15) is 4.39 Å². The van der Waals surface area contributed by atoms with Crippen LogP contribution < -0.4 is 4.72 Å². The summed E-state index contributed by atoms with van der Waals surface area (Å²) in [5, 5.41) is 1.40. The zero-order chi connectivity index (χ0) is 13.9. The molecule has 3 rings (SSSR count). The molecule has 0 radical (unpaired) electrons. The highest BCUT2D eigenvalue weighted by Crippen LogP contribution is 2.28. The Morgan fingerprint density at radius 1 is 1.05 bits per heavy atom. The fourth-order valence-corrected chi connectivity index (χ4v) is 2.62. The Labute approximate surface area is 120 Å². The summed E-state index contributed by atoms with van der Waals surface area (Å²) in [6.45, 7) is 2.00. The van der Waals surface area contributed by atoms with Crippen LogP contribution in [0.4, 0.5) is 10.1 Å². The van der Waals surface area contributed by atoms with Crippen molar-refractivity contribution in [2.24, 2.45) is 0 Å². The van der Waals surface area contributed by atoms with Gasteiger partial charge in [0.25, 0.3) is 0 Å². The summed E-state index contributed by atoms with van der Waals surface area (Å²) in [5.41, 5.74) is 2.48. The van der Waals surface area contributed by atoms with Crippen molar-refractivity contribution in [3.63, 3.8) is 0 Å². The molecule has 0 fully saturated rings. The molecule has 0 atom stereocenters. The SMILES string of the molecule is Cc1cccnc1SNc1cccc2c(F)ccnc12. The van der Waals surface area contributed by atoms with Crippen LogP contribution >= 0.6 is 11.9 Å². The summed E-state index contributed by atoms with van der Waals surface area (Å²) in [4.78, 5) is 8.54. The number of anilines is 1. The molecule has 0 bridgehead atoms. The standard InChI is InChI=1S/C15H12FN3S/c1-10-4-3-8-18-15(10)20-19-13-6-2-5-11-12(16)7-9-17-14(11)13/h2-9,19H,1H3. The van der Waals surface area contributed by atoms with Gasteiger partial charge in [-0.3, -0.25) is 4.98 Å². The second kappa shape index (κ2) is 5.46. The first kappa shape index (κ1) is 12.9. The zero-order valence-electron chi connectivity index (χ0n) is 10.8. The third-order valence-electron chi connectivity index (χ3n) is 2.94. The molecule has 0 saturated heterocycles. The molecule has 0 unspecified atom stereocenters. The molecular weight excluding hydrogens is 273 g/mol. The Morgan fingerprint density at radius 3 is 2.80 bits per heavy atom. The fraction of sp³-hybridized carbons (Fsp3) is 0.0667. The molecule has 100 valence electrons. The second-order valence-electron chi connectivity index (χ2n) is 4.32. The minimum absolute atomic E-state index is 0.266. The third kappa shape index (κ3) is 2.44. The molecule has 3 nitrogen and oxygen atoms in total. The number of halogens is 1. The van der Waals surface area contributed by atoms with E-state index < -0.39 is 0 Å². The van der Waals surface area contributed by atoms with Gasteiger partial charge in [-0.1, -0.05) is 12.1 Å². The maximum absolute atomic E-state index is 13.7. The lowest BCUT2D eigenvalue weighted by Crippen LogP contribution is -1.94. The lowest BCUT2D eigenvalue weighted by Gasteiger charge is -2.09. The van der Waals surface area contributed by atoms with E-state index in [4.69, 9.17) is 0 Å². The monoisotopic (exact) mass is 285 g/mol. The molecule has 0 amide bonds. The van der Waals surface area contributed by atoms with Crippen LogP contribution in [0.15, 0.2) is 53.8 Å². The first-order valence-corrected chi connectivity index (χ1v) is 6.95. The van der Waals surface area contributed by atoms with Crippen molar-refractivity contribution in [2.75, 3.05) is 4.72 Å². The van der Waals surface area contributed by atoms with E-state index in [2.05, 4.69) is 14.7 Å². The van der Waals surface area contributed by atoms with Gasteiger partial charge in [0.2, 0.25) is 0 Å². The summed E-state index contributed by atoms with van der Waals surface area (Å²) in [7, 11) is 0. The van der Waals surface area contributed by atoms with Crippen molar-refractivity contribution in [1.29, 1.82) is 0 Å². The summed E-state index contributed by atoms with van der Waals surface area (Å²) < 4.78 is 16.9. The summed E-state index contributed by atoms with van der Waals surface area (Å²) in [5.74, 6) is -0.266. The van der Waals surface area contributed by atoms with E-state index in [1.54, 1.807) is 18.3 Å². The quantitative estimate of drug-likeness (QED) is 0.732. The Bertz CT molecular complexity index is 761. The smallest absolute Gasteiger partial charge is 0.134 e. The van der Waals surface area contributed by atoms with Crippen molar-refractivity contribution < 1.29 is 4.39 Å². The van der Waals surface area contributed by atoms with Gasteiger partial charge < -0.3 is 4.72 Å². The molecule has 0 saturated carbocycles. The largest absolute Gasteiger partial charge is 0.322 e. The normalized spacial score (nSPS) is 10.7. The van der Waals surface area contributed by atoms with E-state index >= 15 is 0 Å². The van der Waals surface area contributed by atoms with E-state index in [1.165, 1.54) is 24.2 Å². The van der Waals surface area contributed by atoms with Crippen molar-refractivity contribution in [2.45, 2.75) is 11.9 Å². The molecule has 3 aromatic rings. The van der Waals surface area contributed by atoms with E-state index in [0.717, 1.165) is 16.3 Å². The number of para-hydroxylation sites is 1. The Hall–Kier alpha value is -2.14. The van der Waals surface area contributed by atoms with Gasteiger partial charge in [-0.05, 0) is 36.8 Å². The number of nitrogens with zero attached hydrogens (tertiary/aromatic N) is 2. The number of rotatable bonds is 3. The number of hydrogen-bond acceptors (Lipinski definition) is 4. The van der Waals surface area contributed by atoms with Crippen LogP contribution in [-0.2, 0) is 0 Å². The fourth-order valence-electron chi connectivity index (χ4n) is 1.91. The molecule has 20 heavy (non-hydrogen) atoms. The molecule has 1 aromatic carbocycles. The van der Waals surface area contributed by atoms with Crippen molar-refractivity contribution in [1.82, 2.24) is 9.97 Å². The van der Waals surface area contributed by atoms with Crippen LogP contribution in [0.5, 0.6) is 0 Å². The van der Waals surface area contributed by atoms with Gasteiger partial charge in [-0.15, -0.1) is 0 Å². The van der Waals surface area contributed by atoms with Gasteiger partial charge in [0.05, 0.1) is 11.2 Å². The highest BCUT2D eigenvalue weighted by molar-refractivity contribution is 8.00. The van der Waals surface area contributed by atoms with Crippen molar-refractivity contribution >= 4 is 28.5 Å². The average molecular weight is 285 g/mol. The number of hydrogen-bond donors (Lipinski definition) is 1. The molecule has 0 aliphatic rings. The number of nitrogens with one attached hydrogen (secondary N) is 1.